The van der Waals surface area contributed by atoms with Crippen molar-refractivity contribution in [3.63, 3.8) is 0 Å². The Labute approximate surface area is 126 Å². The molecular formula is C14H14BrClN2O. The molecule has 0 unspecified atom stereocenters. The van der Waals surface area contributed by atoms with Gasteiger partial charge in [-0.25, -0.2) is 4.98 Å². The molecule has 19 heavy (non-hydrogen) atoms. The van der Waals surface area contributed by atoms with Gasteiger partial charge in [0.2, 0.25) is 5.88 Å². The number of hydrogen-bond acceptors (Lipinski definition) is 3. The molecule has 5 heteroatoms. The van der Waals surface area contributed by atoms with Gasteiger partial charge in [-0.2, -0.15) is 0 Å². The summed E-state index contributed by atoms with van der Waals surface area (Å²) in [5, 5.41) is 4.09. The molecule has 1 aromatic carbocycles. The summed E-state index contributed by atoms with van der Waals surface area (Å²) in [6, 6.07) is 9.64. The maximum Gasteiger partial charge on any atom is 0.212 e. The van der Waals surface area contributed by atoms with Crippen molar-refractivity contribution in [1.29, 1.82) is 0 Å². The van der Waals surface area contributed by atoms with Crippen LogP contribution in [0.25, 0.3) is 0 Å². The lowest BCUT2D eigenvalue weighted by molar-refractivity contribution is 0.397. The van der Waals surface area contributed by atoms with E-state index in [1.807, 2.05) is 36.5 Å². The number of aromatic nitrogens is 1. The van der Waals surface area contributed by atoms with Gasteiger partial charge in [0, 0.05) is 34.8 Å². The summed E-state index contributed by atoms with van der Waals surface area (Å²) in [6.45, 7) is 1.52. The van der Waals surface area contributed by atoms with Gasteiger partial charge in [0.1, 0.15) is 0 Å². The van der Waals surface area contributed by atoms with Crippen LogP contribution < -0.4 is 10.1 Å². The van der Waals surface area contributed by atoms with Crippen molar-refractivity contribution >= 4 is 27.5 Å². The fourth-order valence-electron chi connectivity index (χ4n) is 1.64. The second-order valence-electron chi connectivity index (χ2n) is 4.05. The fourth-order valence-corrected chi connectivity index (χ4v) is 2.47. The largest absolute Gasteiger partial charge is 0.481 e. The van der Waals surface area contributed by atoms with Crippen LogP contribution in [0.2, 0.25) is 5.02 Å². The number of methoxy groups -OCH3 is 1. The summed E-state index contributed by atoms with van der Waals surface area (Å²) in [5.74, 6) is 0.629. The van der Waals surface area contributed by atoms with Crippen LogP contribution in [-0.2, 0) is 13.1 Å². The molecule has 100 valence electrons. The molecule has 2 rings (SSSR count). The van der Waals surface area contributed by atoms with Crippen LogP contribution in [0.5, 0.6) is 5.88 Å². The maximum atomic E-state index is 5.90. The Bertz CT molecular complexity index is 546. The Morgan fingerprint density at radius 1 is 1.26 bits per heavy atom. The normalized spacial score (nSPS) is 10.5. The molecule has 3 nitrogen and oxygen atoms in total. The standard InChI is InChI=1S/C14H14BrClN2O/c1-19-14-5-2-10(8-18-14)7-17-9-11-3-4-12(16)6-13(11)15/h2-6,8,17H,7,9H2,1H3. The van der Waals surface area contributed by atoms with Crippen LogP contribution in [-0.4, -0.2) is 12.1 Å². The number of halogens is 2. The molecule has 0 fully saturated rings. The lowest BCUT2D eigenvalue weighted by atomic mass is 10.2. The molecule has 0 spiro atoms. The minimum atomic E-state index is 0.629. The Morgan fingerprint density at radius 2 is 2.11 bits per heavy atom. The predicted octanol–water partition coefficient (Wildman–Crippen LogP) is 3.80. The number of rotatable bonds is 5. The maximum absolute atomic E-state index is 5.90. The van der Waals surface area contributed by atoms with Crippen LogP contribution in [0, 0.1) is 0 Å². The highest BCUT2D eigenvalue weighted by Gasteiger charge is 2.01. The number of pyridine rings is 1. The highest BCUT2D eigenvalue weighted by molar-refractivity contribution is 9.10. The Morgan fingerprint density at radius 3 is 2.74 bits per heavy atom. The van der Waals surface area contributed by atoms with Gasteiger partial charge < -0.3 is 10.1 Å². The lowest BCUT2D eigenvalue weighted by Gasteiger charge is -2.07. The molecule has 0 saturated heterocycles. The molecule has 0 bridgehead atoms. The van der Waals surface area contributed by atoms with E-state index in [9.17, 15) is 0 Å². The van der Waals surface area contributed by atoms with Crippen molar-refractivity contribution in [2.24, 2.45) is 0 Å². The van der Waals surface area contributed by atoms with Gasteiger partial charge in [-0.3, -0.25) is 0 Å². The average Bonchev–Trinajstić information content (AvgIpc) is 2.42. The third kappa shape index (κ3) is 4.20. The number of nitrogens with zero attached hydrogens (tertiary/aromatic N) is 1. The fraction of sp³-hybridized carbons (Fsp3) is 0.214. The lowest BCUT2D eigenvalue weighted by Crippen LogP contribution is -2.13. The van der Waals surface area contributed by atoms with Crippen molar-refractivity contribution in [2.45, 2.75) is 13.1 Å². The van der Waals surface area contributed by atoms with Gasteiger partial charge in [-0.05, 0) is 23.3 Å². The van der Waals surface area contributed by atoms with Crippen LogP contribution in [0.3, 0.4) is 0 Å². The summed E-state index contributed by atoms with van der Waals surface area (Å²) in [4.78, 5) is 4.16. The van der Waals surface area contributed by atoms with E-state index in [2.05, 4.69) is 26.2 Å². The Hall–Kier alpha value is -1.10. The van der Waals surface area contributed by atoms with Crippen molar-refractivity contribution in [3.8, 4) is 5.88 Å². The average molecular weight is 342 g/mol. The molecule has 1 heterocycles. The monoisotopic (exact) mass is 340 g/mol. The second kappa shape index (κ2) is 6.89. The summed E-state index contributed by atoms with van der Waals surface area (Å²) in [5.41, 5.74) is 2.29. The van der Waals surface area contributed by atoms with Crippen molar-refractivity contribution < 1.29 is 4.74 Å². The molecule has 0 amide bonds. The summed E-state index contributed by atoms with van der Waals surface area (Å²) in [7, 11) is 1.61. The zero-order valence-corrected chi connectivity index (χ0v) is 12.8. The third-order valence-corrected chi connectivity index (χ3v) is 3.64. The molecule has 0 aliphatic rings. The van der Waals surface area contributed by atoms with E-state index in [0.29, 0.717) is 5.88 Å². The molecule has 0 atom stereocenters. The number of ether oxygens (including phenoxy) is 1. The van der Waals surface area contributed by atoms with Crippen LogP contribution in [0.1, 0.15) is 11.1 Å². The summed E-state index contributed by atoms with van der Waals surface area (Å²) in [6.07, 6.45) is 1.81. The minimum absolute atomic E-state index is 0.629. The molecular weight excluding hydrogens is 328 g/mol. The van der Waals surface area contributed by atoms with Crippen molar-refractivity contribution in [3.05, 3.63) is 57.2 Å². The zero-order valence-electron chi connectivity index (χ0n) is 10.5. The molecule has 1 N–H and O–H groups in total. The smallest absolute Gasteiger partial charge is 0.212 e. The minimum Gasteiger partial charge on any atom is -0.481 e. The highest BCUT2D eigenvalue weighted by Crippen LogP contribution is 2.21. The summed E-state index contributed by atoms with van der Waals surface area (Å²) >= 11 is 9.40. The first-order chi connectivity index (χ1) is 9.19. The Kier molecular flexibility index (Phi) is 5.19. The van der Waals surface area contributed by atoms with Crippen LogP contribution in [0.15, 0.2) is 41.0 Å². The number of hydrogen-bond donors (Lipinski definition) is 1. The van der Waals surface area contributed by atoms with Crippen molar-refractivity contribution in [2.75, 3.05) is 7.11 Å². The second-order valence-corrected chi connectivity index (χ2v) is 5.34. The molecule has 2 aromatic rings. The molecule has 0 aliphatic heterocycles. The van der Waals surface area contributed by atoms with Gasteiger partial charge in [-0.1, -0.05) is 39.7 Å². The van der Waals surface area contributed by atoms with Crippen molar-refractivity contribution in [1.82, 2.24) is 10.3 Å². The van der Waals surface area contributed by atoms with E-state index >= 15 is 0 Å². The van der Waals surface area contributed by atoms with E-state index in [0.717, 1.165) is 28.1 Å². The summed E-state index contributed by atoms with van der Waals surface area (Å²) < 4.78 is 6.03. The highest BCUT2D eigenvalue weighted by atomic mass is 79.9. The predicted molar refractivity (Wildman–Crippen MR) is 80.5 cm³/mol. The molecule has 0 saturated carbocycles. The molecule has 0 aliphatic carbocycles. The van der Waals surface area contributed by atoms with Gasteiger partial charge in [-0.15, -0.1) is 0 Å². The molecule has 1 aromatic heterocycles. The van der Waals surface area contributed by atoms with Crippen LogP contribution >= 0.6 is 27.5 Å². The quantitative estimate of drug-likeness (QED) is 0.898. The first-order valence-corrected chi connectivity index (χ1v) is 6.99. The molecule has 0 radical (unpaired) electrons. The van der Waals surface area contributed by atoms with Crippen LogP contribution in [0.4, 0.5) is 0 Å². The Balaban J connectivity index is 1.88. The van der Waals surface area contributed by atoms with Gasteiger partial charge in [0.15, 0.2) is 0 Å². The van der Waals surface area contributed by atoms with Gasteiger partial charge in [0.25, 0.3) is 0 Å². The van der Waals surface area contributed by atoms with Gasteiger partial charge in [0.05, 0.1) is 7.11 Å². The van der Waals surface area contributed by atoms with E-state index in [1.165, 1.54) is 5.56 Å². The SMILES string of the molecule is COc1ccc(CNCc2ccc(Cl)cc2Br)cn1. The number of nitrogens with one attached hydrogen (secondary N) is 1. The van der Waals surface area contributed by atoms with E-state index in [4.69, 9.17) is 16.3 Å². The zero-order chi connectivity index (χ0) is 13.7. The van der Waals surface area contributed by atoms with Gasteiger partial charge >= 0.3 is 0 Å². The first-order valence-electron chi connectivity index (χ1n) is 5.82. The topological polar surface area (TPSA) is 34.1 Å². The van der Waals surface area contributed by atoms with E-state index in [1.54, 1.807) is 7.11 Å². The van der Waals surface area contributed by atoms with E-state index < -0.39 is 0 Å². The number of benzene rings is 1. The first kappa shape index (κ1) is 14.3. The third-order valence-electron chi connectivity index (χ3n) is 2.67. The van der Waals surface area contributed by atoms with E-state index in [-0.39, 0.29) is 0 Å².